The minimum Gasteiger partial charge on any atom is -0.296 e. The van der Waals surface area contributed by atoms with Gasteiger partial charge in [0.2, 0.25) is 5.91 Å². The summed E-state index contributed by atoms with van der Waals surface area (Å²) >= 11 is 0. The van der Waals surface area contributed by atoms with Crippen LogP contribution < -0.4 is 10.3 Å². The third-order valence-electron chi connectivity index (χ3n) is 6.16. The first kappa shape index (κ1) is 22.5. The van der Waals surface area contributed by atoms with Crippen molar-refractivity contribution in [1.29, 1.82) is 0 Å². The number of Topliss-reactive ketones (excluding diaryl/α,β-unsaturated/α-hetero) is 1. The molecule has 0 unspecified atom stereocenters. The Bertz CT molecular complexity index is 1300. The molecule has 3 aromatic rings. The Balaban J connectivity index is 1.53. The summed E-state index contributed by atoms with van der Waals surface area (Å²) < 4.78 is 40.8. The van der Waals surface area contributed by atoms with E-state index in [0.29, 0.717) is 16.0 Å². The zero-order valence-electron chi connectivity index (χ0n) is 18.1. The molecule has 176 valence electrons. The van der Waals surface area contributed by atoms with Crippen LogP contribution in [0.4, 0.5) is 18.9 Å². The molecule has 1 fully saturated rings. The van der Waals surface area contributed by atoms with Crippen LogP contribution in [0.1, 0.15) is 22.6 Å². The smallest absolute Gasteiger partial charge is 0.296 e. The van der Waals surface area contributed by atoms with E-state index >= 15 is 0 Å². The second-order valence-electron chi connectivity index (χ2n) is 8.23. The van der Waals surface area contributed by atoms with Gasteiger partial charge in [0, 0.05) is 0 Å². The second kappa shape index (κ2) is 8.50. The predicted molar refractivity (Wildman–Crippen MR) is 122 cm³/mol. The van der Waals surface area contributed by atoms with Crippen LogP contribution in [0.5, 0.6) is 0 Å². The molecular formula is C26H18F3N3O3. The normalized spacial score (nSPS) is 19.5. The Morgan fingerprint density at radius 1 is 0.829 bits per heavy atom. The van der Waals surface area contributed by atoms with Crippen molar-refractivity contribution in [1.82, 2.24) is 5.43 Å². The number of fused-ring (bicyclic) bond motifs is 1. The summed E-state index contributed by atoms with van der Waals surface area (Å²) in [6.45, 7) is 0. The van der Waals surface area contributed by atoms with E-state index in [1.54, 1.807) is 60.7 Å². The molecule has 0 radical (unpaired) electrons. The van der Waals surface area contributed by atoms with E-state index in [9.17, 15) is 27.6 Å². The van der Waals surface area contributed by atoms with E-state index in [1.807, 2.05) is 0 Å². The highest BCUT2D eigenvalue weighted by atomic mass is 19.4. The summed E-state index contributed by atoms with van der Waals surface area (Å²) in [5, 5.41) is 4.02. The van der Waals surface area contributed by atoms with Gasteiger partial charge in [0.15, 0.2) is 5.78 Å². The average molecular weight is 477 g/mol. The van der Waals surface area contributed by atoms with E-state index in [2.05, 4.69) is 10.5 Å². The monoisotopic (exact) mass is 477 g/mol. The molecule has 0 aliphatic carbocycles. The fourth-order valence-corrected chi connectivity index (χ4v) is 4.57. The van der Waals surface area contributed by atoms with Crippen LogP contribution in [0.15, 0.2) is 90.0 Å². The lowest BCUT2D eigenvalue weighted by molar-refractivity contribution is -0.137. The van der Waals surface area contributed by atoms with Crippen LogP contribution >= 0.6 is 0 Å². The largest absolute Gasteiger partial charge is 0.418 e. The first-order chi connectivity index (χ1) is 16.8. The molecule has 5 rings (SSSR count). The van der Waals surface area contributed by atoms with Crippen molar-refractivity contribution in [3.63, 3.8) is 0 Å². The summed E-state index contributed by atoms with van der Waals surface area (Å²) in [6, 6.07) is 20.9. The molecule has 6 nitrogen and oxygen atoms in total. The average Bonchev–Trinajstić information content (AvgIpc) is 3.40. The lowest BCUT2D eigenvalue weighted by Crippen LogP contribution is -2.37. The molecule has 2 amide bonds. The van der Waals surface area contributed by atoms with Gasteiger partial charge in [-0.1, -0.05) is 72.8 Å². The van der Waals surface area contributed by atoms with Crippen molar-refractivity contribution in [2.45, 2.75) is 18.1 Å². The molecule has 3 aromatic carbocycles. The van der Waals surface area contributed by atoms with E-state index in [4.69, 9.17) is 0 Å². The molecule has 2 aliphatic rings. The van der Waals surface area contributed by atoms with Crippen molar-refractivity contribution < 1.29 is 27.6 Å². The number of hydrogen-bond acceptors (Lipinski definition) is 5. The standard InChI is InChI=1S/C26H18F3N3O3/c27-26(28,29)17-13-7-8-14-18(17)32-24(34)20-21(30-31-22(20)25(32)35)23(33)19(15-9-3-1-4-10-15)16-11-5-2-6-12-16/h1-14,19-20,22,31H/t20-,22+/m1/s1. The van der Waals surface area contributed by atoms with Crippen LogP contribution in [0, 0.1) is 5.92 Å². The SMILES string of the molecule is O=C(C1=NN[C@@H]2C(=O)N(c3ccccc3C(F)(F)F)C(=O)[C@H]12)C(c1ccccc1)c1ccccc1. The summed E-state index contributed by atoms with van der Waals surface area (Å²) in [4.78, 5) is 40.7. The van der Waals surface area contributed by atoms with Gasteiger partial charge in [-0.05, 0) is 23.3 Å². The van der Waals surface area contributed by atoms with Crippen LogP contribution in [0.2, 0.25) is 0 Å². The number of rotatable bonds is 5. The molecule has 2 aliphatic heterocycles. The van der Waals surface area contributed by atoms with Crippen LogP contribution in [-0.2, 0) is 20.6 Å². The van der Waals surface area contributed by atoms with Crippen molar-refractivity contribution in [2.24, 2.45) is 11.0 Å². The predicted octanol–water partition coefficient (Wildman–Crippen LogP) is 3.92. The Hall–Kier alpha value is -4.27. The number of carbonyl (C=O) groups is 3. The number of alkyl halides is 3. The fraction of sp³-hybridized carbons (Fsp3) is 0.154. The van der Waals surface area contributed by atoms with Crippen LogP contribution in [0.3, 0.4) is 0 Å². The van der Waals surface area contributed by atoms with Crippen LogP contribution in [-0.4, -0.2) is 29.4 Å². The molecular weight excluding hydrogens is 459 g/mol. The summed E-state index contributed by atoms with van der Waals surface area (Å²) in [5.41, 5.74) is 1.97. The molecule has 2 atom stereocenters. The molecule has 0 aromatic heterocycles. The Kier molecular flexibility index (Phi) is 5.47. The van der Waals surface area contributed by atoms with Gasteiger partial charge >= 0.3 is 6.18 Å². The number of hydrogen-bond donors (Lipinski definition) is 1. The Labute approximate surface area is 198 Å². The Morgan fingerprint density at radius 2 is 1.37 bits per heavy atom. The van der Waals surface area contributed by atoms with Crippen molar-refractivity contribution in [3.05, 3.63) is 102 Å². The number of ketones is 1. The van der Waals surface area contributed by atoms with Gasteiger partial charge < -0.3 is 0 Å². The number of benzene rings is 3. The minimum absolute atomic E-state index is 0.182. The maximum atomic E-state index is 13.8. The van der Waals surface area contributed by atoms with Crippen LogP contribution in [0.25, 0.3) is 0 Å². The molecule has 35 heavy (non-hydrogen) atoms. The maximum Gasteiger partial charge on any atom is 0.418 e. The van der Waals surface area contributed by atoms with E-state index in [1.165, 1.54) is 12.1 Å². The molecule has 2 heterocycles. The molecule has 1 saturated heterocycles. The maximum absolute atomic E-state index is 13.8. The van der Waals surface area contributed by atoms with Crippen molar-refractivity contribution in [2.75, 3.05) is 4.90 Å². The number of nitrogens with one attached hydrogen (secondary N) is 1. The van der Waals surface area contributed by atoms with Crippen molar-refractivity contribution in [3.8, 4) is 0 Å². The molecule has 1 N–H and O–H groups in total. The van der Waals surface area contributed by atoms with Gasteiger partial charge in [-0.15, -0.1) is 0 Å². The highest BCUT2D eigenvalue weighted by molar-refractivity contribution is 6.50. The van der Waals surface area contributed by atoms with Gasteiger partial charge in [0.1, 0.15) is 17.7 Å². The first-order valence-electron chi connectivity index (χ1n) is 10.8. The lowest BCUT2D eigenvalue weighted by Gasteiger charge is -2.21. The topological polar surface area (TPSA) is 78.8 Å². The highest BCUT2D eigenvalue weighted by Crippen LogP contribution is 2.40. The van der Waals surface area contributed by atoms with E-state index in [0.717, 1.165) is 12.1 Å². The van der Waals surface area contributed by atoms with Crippen molar-refractivity contribution >= 4 is 29.0 Å². The van der Waals surface area contributed by atoms with Gasteiger partial charge in [-0.2, -0.15) is 18.3 Å². The summed E-state index contributed by atoms with van der Waals surface area (Å²) in [7, 11) is 0. The molecule has 0 bridgehead atoms. The van der Waals surface area contributed by atoms with Gasteiger partial charge in [-0.25, -0.2) is 4.90 Å². The third-order valence-corrected chi connectivity index (χ3v) is 6.16. The number of hydrazone groups is 1. The number of carbonyl (C=O) groups excluding carboxylic acids is 3. The number of halogens is 3. The van der Waals surface area contributed by atoms with Gasteiger partial charge in [0.25, 0.3) is 5.91 Å². The first-order valence-corrected chi connectivity index (χ1v) is 10.8. The Morgan fingerprint density at radius 3 is 1.94 bits per heavy atom. The van der Waals surface area contributed by atoms with Gasteiger partial charge in [0.05, 0.1) is 17.2 Å². The zero-order chi connectivity index (χ0) is 24.7. The number of amides is 2. The summed E-state index contributed by atoms with van der Waals surface area (Å²) in [5.74, 6) is -4.45. The number of nitrogens with zero attached hydrogens (tertiary/aromatic N) is 2. The molecule has 9 heteroatoms. The number of imide groups is 1. The minimum atomic E-state index is -4.78. The molecule has 0 saturated carbocycles. The molecule has 0 spiro atoms. The summed E-state index contributed by atoms with van der Waals surface area (Å²) in [6.07, 6.45) is -4.78. The zero-order valence-corrected chi connectivity index (χ0v) is 18.1. The second-order valence-corrected chi connectivity index (χ2v) is 8.23. The van der Waals surface area contributed by atoms with Gasteiger partial charge in [-0.3, -0.25) is 19.8 Å². The van der Waals surface area contributed by atoms with E-state index < -0.39 is 52.9 Å². The fourth-order valence-electron chi connectivity index (χ4n) is 4.57. The lowest BCUT2D eigenvalue weighted by atomic mass is 9.82. The quantitative estimate of drug-likeness (QED) is 0.565. The number of anilines is 1. The highest BCUT2D eigenvalue weighted by Gasteiger charge is 2.57. The third kappa shape index (κ3) is 3.78. The number of para-hydroxylation sites is 1. The van der Waals surface area contributed by atoms with E-state index in [-0.39, 0.29) is 5.71 Å².